The van der Waals surface area contributed by atoms with E-state index in [9.17, 15) is 4.79 Å². The minimum Gasteiger partial charge on any atom is -0.494 e. The smallest absolute Gasteiger partial charge is 0.311 e. The SMILES string of the molecule is CCOC(=O)Cc1csc(NN=Cc2cccc(OCC)c2)n1. The molecule has 0 fully saturated rings. The molecule has 0 aliphatic rings. The number of nitrogens with one attached hydrogen (secondary N) is 1. The summed E-state index contributed by atoms with van der Waals surface area (Å²) in [7, 11) is 0. The molecule has 7 heteroatoms. The van der Waals surface area contributed by atoms with Crippen molar-refractivity contribution in [3.8, 4) is 5.75 Å². The lowest BCUT2D eigenvalue weighted by molar-refractivity contribution is -0.142. The van der Waals surface area contributed by atoms with Crippen molar-refractivity contribution in [3.63, 3.8) is 0 Å². The summed E-state index contributed by atoms with van der Waals surface area (Å²) in [5.74, 6) is 0.531. The molecule has 6 nitrogen and oxygen atoms in total. The van der Waals surface area contributed by atoms with Gasteiger partial charge in [0.05, 0.1) is 31.5 Å². The highest BCUT2D eigenvalue weighted by atomic mass is 32.1. The molecule has 1 aromatic carbocycles. The molecule has 23 heavy (non-hydrogen) atoms. The molecule has 0 radical (unpaired) electrons. The summed E-state index contributed by atoms with van der Waals surface area (Å²) in [5.41, 5.74) is 4.45. The second-order valence-electron chi connectivity index (χ2n) is 4.50. The second-order valence-corrected chi connectivity index (χ2v) is 5.36. The molecule has 0 atom stereocenters. The van der Waals surface area contributed by atoms with E-state index in [4.69, 9.17) is 9.47 Å². The molecule has 0 amide bonds. The third kappa shape index (κ3) is 5.71. The van der Waals surface area contributed by atoms with E-state index in [1.807, 2.05) is 36.6 Å². The number of ether oxygens (including phenoxy) is 2. The van der Waals surface area contributed by atoms with E-state index in [0.29, 0.717) is 24.0 Å². The fourth-order valence-corrected chi connectivity index (χ4v) is 2.47. The molecule has 1 heterocycles. The van der Waals surface area contributed by atoms with Crippen molar-refractivity contribution in [1.82, 2.24) is 4.98 Å². The minimum absolute atomic E-state index is 0.173. The van der Waals surface area contributed by atoms with Crippen molar-refractivity contribution >= 4 is 28.7 Å². The van der Waals surface area contributed by atoms with Gasteiger partial charge < -0.3 is 9.47 Å². The van der Waals surface area contributed by atoms with Crippen molar-refractivity contribution in [3.05, 3.63) is 40.9 Å². The molecule has 0 unspecified atom stereocenters. The molecule has 1 N–H and O–H groups in total. The van der Waals surface area contributed by atoms with Crippen LogP contribution in [0.2, 0.25) is 0 Å². The maximum Gasteiger partial charge on any atom is 0.311 e. The lowest BCUT2D eigenvalue weighted by Crippen LogP contribution is -2.07. The Labute approximate surface area is 139 Å². The quantitative estimate of drug-likeness (QED) is 0.456. The zero-order valence-electron chi connectivity index (χ0n) is 13.1. The summed E-state index contributed by atoms with van der Waals surface area (Å²) in [6.45, 7) is 4.72. The molecule has 2 aromatic rings. The van der Waals surface area contributed by atoms with Crippen molar-refractivity contribution < 1.29 is 14.3 Å². The molecular weight excluding hydrogens is 314 g/mol. The molecule has 0 bridgehead atoms. The number of nitrogens with zero attached hydrogens (tertiary/aromatic N) is 2. The molecular formula is C16H19N3O3S. The zero-order chi connectivity index (χ0) is 16.5. The van der Waals surface area contributed by atoms with Gasteiger partial charge in [-0.3, -0.25) is 10.2 Å². The van der Waals surface area contributed by atoms with E-state index >= 15 is 0 Å². The summed E-state index contributed by atoms with van der Waals surface area (Å²) in [6, 6.07) is 7.65. The number of anilines is 1. The van der Waals surface area contributed by atoms with Gasteiger partial charge in [-0.1, -0.05) is 12.1 Å². The largest absolute Gasteiger partial charge is 0.494 e. The van der Waals surface area contributed by atoms with Crippen LogP contribution in [0.4, 0.5) is 5.13 Å². The third-order valence-electron chi connectivity index (χ3n) is 2.73. The highest BCUT2D eigenvalue weighted by Gasteiger charge is 2.07. The van der Waals surface area contributed by atoms with Crippen LogP contribution >= 0.6 is 11.3 Å². The standard InChI is InChI=1S/C16H19N3O3S/c1-3-21-14-7-5-6-12(8-14)10-17-19-16-18-13(11-23-16)9-15(20)22-4-2/h5-8,10-11H,3-4,9H2,1-2H3,(H,18,19). The molecule has 0 saturated heterocycles. The zero-order valence-corrected chi connectivity index (χ0v) is 13.9. The number of hydrogen-bond donors (Lipinski definition) is 1. The number of hydrazone groups is 1. The van der Waals surface area contributed by atoms with Crippen molar-refractivity contribution in [1.29, 1.82) is 0 Å². The van der Waals surface area contributed by atoms with E-state index < -0.39 is 0 Å². The Morgan fingerprint density at radius 3 is 3.04 bits per heavy atom. The molecule has 2 rings (SSSR count). The van der Waals surface area contributed by atoms with Crippen LogP contribution in [-0.2, 0) is 16.0 Å². The Balaban J connectivity index is 1.89. The minimum atomic E-state index is -0.277. The number of thiazole rings is 1. The lowest BCUT2D eigenvalue weighted by atomic mass is 10.2. The van der Waals surface area contributed by atoms with Gasteiger partial charge in [0, 0.05) is 5.38 Å². The van der Waals surface area contributed by atoms with Crippen LogP contribution in [-0.4, -0.2) is 30.4 Å². The van der Waals surface area contributed by atoms with Gasteiger partial charge in [-0.05, 0) is 31.5 Å². The van der Waals surface area contributed by atoms with Crippen molar-refractivity contribution in [2.75, 3.05) is 18.6 Å². The Bertz CT molecular complexity index is 670. The van der Waals surface area contributed by atoms with E-state index in [1.165, 1.54) is 11.3 Å². The first-order valence-corrected chi connectivity index (χ1v) is 8.21. The van der Waals surface area contributed by atoms with Crippen LogP contribution in [0.15, 0.2) is 34.7 Å². The molecule has 122 valence electrons. The molecule has 0 saturated carbocycles. The Kier molecular flexibility index (Phi) is 6.56. The number of benzene rings is 1. The fourth-order valence-electron chi connectivity index (χ4n) is 1.81. The van der Waals surface area contributed by atoms with Crippen LogP contribution in [0, 0.1) is 0 Å². The van der Waals surface area contributed by atoms with Crippen molar-refractivity contribution in [2.24, 2.45) is 5.10 Å². The van der Waals surface area contributed by atoms with Gasteiger partial charge in [0.2, 0.25) is 5.13 Å². The number of esters is 1. The van der Waals surface area contributed by atoms with Crippen LogP contribution in [0.1, 0.15) is 25.1 Å². The number of hydrogen-bond acceptors (Lipinski definition) is 7. The Morgan fingerprint density at radius 2 is 2.26 bits per heavy atom. The lowest BCUT2D eigenvalue weighted by Gasteiger charge is -2.02. The van der Waals surface area contributed by atoms with Crippen LogP contribution < -0.4 is 10.2 Å². The van der Waals surface area contributed by atoms with Crippen molar-refractivity contribution in [2.45, 2.75) is 20.3 Å². The number of carbonyl (C=O) groups is 1. The van der Waals surface area contributed by atoms with Crippen LogP contribution in [0.3, 0.4) is 0 Å². The Morgan fingerprint density at radius 1 is 1.39 bits per heavy atom. The second kappa shape index (κ2) is 8.89. The van der Waals surface area contributed by atoms with E-state index in [-0.39, 0.29) is 12.4 Å². The molecule has 0 spiro atoms. The third-order valence-corrected chi connectivity index (χ3v) is 3.52. The van der Waals surface area contributed by atoms with E-state index in [2.05, 4.69) is 15.5 Å². The first kappa shape index (κ1) is 17.0. The predicted octanol–water partition coefficient (Wildman–Crippen LogP) is 3.09. The van der Waals surface area contributed by atoms with Gasteiger partial charge in [-0.25, -0.2) is 4.98 Å². The fraction of sp³-hybridized carbons (Fsp3) is 0.312. The van der Waals surface area contributed by atoms with E-state index in [0.717, 1.165) is 11.3 Å². The maximum atomic E-state index is 11.4. The molecule has 1 aromatic heterocycles. The first-order chi connectivity index (χ1) is 11.2. The molecule has 0 aliphatic heterocycles. The average Bonchev–Trinajstić information content (AvgIpc) is 2.95. The summed E-state index contributed by atoms with van der Waals surface area (Å²) in [4.78, 5) is 15.7. The summed E-state index contributed by atoms with van der Waals surface area (Å²) in [6.07, 6.45) is 1.86. The monoisotopic (exact) mass is 333 g/mol. The van der Waals surface area contributed by atoms with Gasteiger partial charge in [-0.15, -0.1) is 11.3 Å². The molecule has 0 aliphatic carbocycles. The van der Waals surface area contributed by atoms with Gasteiger partial charge in [-0.2, -0.15) is 5.10 Å². The number of carbonyl (C=O) groups excluding carboxylic acids is 1. The van der Waals surface area contributed by atoms with E-state index in [1.54, 1.807) is 13.1 Å². The summed E-state index contributed by atoms with van der Waals surface area (Å²) < 4.78 is 10.3. The number of aromatic nitrogens is 1. The number of rotatable bonds is 8. The normalized spacial score (nSPS) is 10.7. The highest BCUT2D eigenvalue weighted by molar-refractivity contribution is 7.13. The van der Waals surface area contributed by atoms with Gasteiger partial charge >= 0.3 is 5.97 Å². The summed E-state index contributed by atoms with van der Waals surface area (Å²) >= 11 is 1.39. The summed E-state index contributed by atoms with van der Waals surface area (Å²) in [5, 5.41) is 6.58. The van der Waals surface area contributed by atoms with Crippen LogP contribution in [0.5, 0.6) is 5.75 Å². The predicted molar refractivity (Wildman–Crippen MR) is 91.3 cm³/mol. The van der Waals surface area contributed by atoms with Gasteiger partial charge in [0.1, 0.15) is 5.75 Å². The van der Waals surface area contributed by atoms with Crippen LogP contribution in [0.25, 0.3) is 0 Å². The van der Waals surface area contributed by atoms with Gasteiger partial charge in [0.15, 0.2) is 0 Å². The maximum absolute atomic E-state index is 11.4. The topological polar surface area (TPSA) is 72.8 Å². The average molecular weight is 333 g/mol. The first-order valence-electron chi connectivity index (χ1n) is 7.33. The highest BCUT2D eigenvalue weighted by Crippen LogP contribution is 2.16. The Hall–Kier alpha value is -2.41. The van der Waals surface area contributed by atoms with Gasteiger partial charge in [0.25, 0.3) is 0 Å².